The number of rotatable bonds is 7. The minimum Gasteiger partial charge on any atom is -0.396 e. The van der Waals surface area contributed by atoms with E-state index < -0.39 is 5.54 Å². The molecule has 0 aliphatic rings. The Balaban J connectivity index is 2.09. The van der Waals surface area contributed by atoms with Crippen LogP contribution in [-0.2, 0) is 4.74 Å². The van der Waals surface area contributed by atoms with Crippen molar-refractivity contribution in [3.63, 3.8) is 0 Å². The highest BCUT2D eigenvalue weighted by molar-refractivity contribution is 5.94. The Morgan fingerprint density at radius 3 is 2.45 bits per heavy atom. The second-order valence-electron chi connectivity index (χ2n) is 5.56. The maximum Gasteiger partial charge on any atom is 0.251 e. The fourth-order valence-corrected chi connectivity index (χ4v) is 2.37. The van der Waals surface area contributed by atoms with Gasteiger partial charge in [-0.1, -0.05) is 0 Å². The molecule has 0 aliphatic heterocycles. The molecule has 1 unspecified atom stereocenters. The van der Waals surface area contributed by atoms with Gasteiger partial charge in [0.1, 0.15) is 0 Å². The van der Waals surface area contributed by atoms with Gasteiger partial charge in [-0.15, -0.1) is 0 Å². The molecule has 0 bridgehead atoms. The van der Waals surface area contributed by atoms with Crippen LogP contribution >= 0.6 is 0 Å². The molecule has 0 spiro atoms. The molecule has 1 atom stereocenters. The fraction of sp³-hybridized carbons (Fsp3) is 0.353. The van der Waals surface area contributed by atoms with Crippen molar-refractivity contribution in [2.75, 3.05) is 20.3 Å². The van der Waals surface area contributed by atoms with Gasteiger partial charge in [0.25, 0.3) is 5.91 Å². The molecule has 2 N–H and O–H groups in total. The maximum absolute atomic E-state index is 12.4. The Morgan fingerprint density at radius 2 is 1.91 bits per heavy atom. The van der Waals surface area contributed by atoms with Crippen molar-refractivity contribution in [2.45, 2.75) is 18.9 Å². The highest BCUT2D eigenvalue weighted by Crippen LogP contribution is 2.14. The number of aliphatic hydroxyl groups is 1. The van der Waals surface area contributed by atoms with E-state index in [1.54, 1.807) is 19.2 Å². The van der Waals surface area contributed by atoms with E-state index in [0.717, 1.165) is 5.69 Å². The number of methoxy groups -OCH3 is 1. The van der Waals surface area contributed by atoms with E-state index in [1.165, 1.54) is 0 Å². The molecule has 5 heteroatoms. The topological polar surface area (TPSA) is 63.5 Å². The van der Waals surface area contributed by atoms with Crippen LogP contribution in [0, 0.1) is 0 Å². The molecule has 5 nitrogen and oxygen atoms in total. The van der Waals surface area contributed by atoms with Crippen molar-refractivity contribution in [2.24, 2.45) is 0 Å². The third-order valence-electron chi connectivity index (χ3n) is 3.57. The van der Waals surface area contributed by atoms with Crippen LogP contribution in [0.5, 0.6) is 0 Å². The summed E-state index contributed by atoms with van der Waals surface area (Å²) < 4.78 is 7.11. The van der Waals surface area contributed by atoms with Gasteiger partial charge in [0.15, 0.2) is 0 Å². The fourth-order valence-electron chi connectivity index (χ4n) is 2.37. The largest absolute Gasteiger partial charge is 0.396 e. The zero-order valence-corrected chi connectivity index (χ0v) is 13.0. The normalized spacial score (nSPS) is 13.6. The van der Waals surface area contributed by atoms with Gasteiger partial charge in [-0.05, 0) is 49.7 Å². The van der Waals surface area contributed by atoms with Crippen LogP contribution in [0.15, 0.2) is 48.8 Å². The van der Waals surface area contributed by atoms with Crippen LogP contribution in [0.2, 0.25) is 0 Å². The van der Waals surface area contributed by atoms with Crippen LogP contribution in [-0.4, -0.2) is 41.4 Å². The summed E-state index contributed by atoms with van der Waals surface area (Å²) in [7, 11) is 1.58. The first-order valence-electron chi connectivity index (χ1n) is 7.24. The van der Waals surface area contributed by atoms with Gasteiger partial charge in [-0.3, -0.25) is 4.79 Å². The van der Waals surface area contributed by atoms with Crippen LogP contribution < -0.4 is 5.32 Å². The lowest BCUT2D eigenvalue weighted by molar-refractivity contribution is 0.0725. The predicted octanol–water partition coefficient (Wildman–Crippen LogP) is 1.99. The van der Waals surface area contributed by atoms with Gasteiger partial charge < -0.3 is 19.7 Å². The molecule has 22 heavy (non-hydrogen) atoms. The smallest absolute Gasteiger partial charge is 0.251 e. The van der Waals surface area contributed by atoms with Gasteiger partial charge >= 0.3 is 0 Å². The van der Waals surface area contributed by atoms with E-state index in [4.69, 9.17) is 9.84 Å². The van der Waals surface area contributed by atoms with E-state index >= 15 is 0 Å². The summed E-state index contributed by atoms with van der Waals surface area (Å²) in [6.07, 6.45) is 4.34. The molecule has 0 aliphatic carbocycles. The van der Waals surface area contributed by atoms with Crippen LogP contribution in [0.25, 0.3) is 5.69 Å². The molecule has 1 heterocycles. The van der Waals surface area contributed by atoms with Gasteiger partial charge in [-0.2, -0.15) is 0 Å². The Kier molecular flexibility index (Phi) is 5.35. The van der Waals surface area contributed by atoms with Gasteiger partial charge in [0, 0.05) is 37.4 Å². The molecule has 1 aromatic carbocycles. The summed E-state index contributed by atoms with van der Waals surface area (Å²) in [5.74, 6) is -0.174. The number of amides is 1. The van der Waals surface area contributed by atoms with Crippen molar-refractivity contribution in [3.8, 4) is 5.69 Å². The Bertz CT molecular complexity index is 585. The van der Waals surface area contributed by atoms with Crippen LogP contribution in [0.1, 0.15) is 23.7 Å². The second kappa shape index (κ2) is 7.24. The highest BCUT2D eigenvalue weighted by Gasteiger charge is 2.26. The van der Waals surface area contributed by atoms with E-state index in [1.807, 2.05) is 48.1 Å². The van der Waals surface area contributed by atoms with Crippen LogP contribution in [0.3, 0.4) is 0 Å². The number of aromatic nitrogens is 1. The molecule has 2 rings (SSSR count). The molecule has 0 fully saturated rings. The number of nitrogens with one attached hydrogen (secondary N) is 1. The number of hydrogen-bond acceptors (Lipinski definition) is 3. The zero-order valence-electron chi connectivity index (χ0n) is 13.0. The summed E-state index contributed by atoms with van der Waals surface area (Å²) in [5, 5.41) is 12.1. The summed E-state index contributed by atoms with van der Waals surface area (Å²) in [6, 6.07) is 11.3. The minimum atomic E-state index is -0.584. The molecule has 2 aromatic rings. The summed E-state index contributed by atoms with van der Waals surface area (Å²) in [5.41, 5.74) is 0.993. The molecule has 0 saturated heterocycles. The third kappa shape index (κ3) is 3.96. The molecular formula is C17H22N2O3. The van der Waals surface area contributed by atoms with Crippen molar-refractivity contribution >= 4 is 5.91 Å². The van der Waals surface area contributed by atoms with Gasteiger partial charge in [0.05, 0.1) is 12.1 Å². The lowest BCUT2D eigenvalue weighted by Crippen LogP contribution is -2.50. The van der Waals surface area contributed by atoms with E-state index in [-0.39, 0.29) is 12.5 Å². The number of nitrogens with zero attached hydrogens (tertiary/aromatic N) is 1. The number of aliphatic hydroxyl groups excluding tert-OH is 1. The predicted molar refractivity (Wildman–Crippen MR) is 85.2 cm³/mol. The van der Waals surface area contributed by atoms with E-state index in [2.05, 4.69) is 5.32 Å². The summed E-state index contributed by atoms with van der Waals surface area (Å²) >= 11 is 0. The summed E-state index contributed by atoms with van der Waals surface area (Å²) in [4.78, 5) is 12.4. The standard InChI is InChI=1S/C17H22N2O3/c1-17(9-12-20,13-22-2)18-16(21)14-5-7-15(8-6-14)19-10-3-4-11-19/h3-8,10-11,20H,9,12-13H2,1-2H3,(H,18,21). The number of ether oxygens (including phenoxy) is 1. The SMILES string of the molecule is COCC(C)(CCO)NC(=O)c1ccc(-n2cccc2)cc1. The van der Waals surface area contributed by atoms with E-state index in [0.29, 0.717) is 18.6 Å². The second-order valence-corrected chi connectivity index (χ2v) is 5.56. The van der Waals surface area contributed by atoms with Crippen molar-refractivity contribution < 1.29 is 14.6 Å². The van der Waals surface area contributed by atoms with Crippen molar-refractivity contribution in [3.05, 3.63) is 54.4 Å². The Morgan fingerprint density at radius 1 is 1.27 bits per heavy atom. The van der Waals surface area contributed by atoms with Gasteiger partial charge in [-0.25, -0.2) is 0 Å². The molecular weight excluding hydrogens is 280 g/mol. The lowest BCUT2D eigenvalue weighted by atomic mass is 9.98. The molecule has 0 radical (unpaired) electrons. The Hall–Kier alpha value is -2.11. The van der Waals surface area contributed by atoms with E-state index in [9.17, 15) is 4.79 Å². The van der Waals surface area contributed by atoms with Gasteiger partial charge in [0.2, 0.25) is 0 Å². The number of hydrogen-bond donors (Lipinski definition) is 2. The maximum atomic E-state index is 12.4. The third-order valence-corrected chi connectivity index (χ3v) is 3.57. The first-order chi connectivity index (χ1) is 10.6. The summed E-state index contributed by atoms with van der Waals surface area (Å²) in [6.45, 7) is 2.20. The number of carbonyl (C=O) groups excluding carboxylic acids is 1. The minimum absolute atomic E-state index is 0.00723. The quantitative estimate of drug-likeness (QED) is 0.822. The van der Waals surface area contributed by atoms with Crippen molar-refractivity contribution in [1.29, 1.82) is 0 Å². The Labute approximate surface area is 130 Å². The molecule has 118 valence electrons. The number of benzene rings is 1. The first-order valence-corrected chi connectivity index (χ1v) is 7.24. The number of carbonyl (C=O) groups is 1. The highest BCUT2D eigenvalue weighted by atomic mass is 16.5. The zero-order chi connectivity index (χ0) is 16.0. The molecule has 1 amide bonds. The lowest BCUT2D eigenvalue weighted by Gasteiger charge is -2.29. The molecule has 1 aromatic heterocycles. The molecule has 0 saturated carbocycles. The van der Waals surface area contributed by atoms with Crippen molar-refractivity contribution in [1.82, 2.24) is 9.88 Å². The first kappa shape index (κ1) is 16.3. The monoisotopic (exact) mass is 302 g/mol. The average Bonchev–Trinajstić information content (AvgIpc) is 3.02. The average molecular weight is 302 g/mol. The van der Waals surface area contributed by atoms with Crippen LogP contribution in [0.4, 0.5) is 0 Å².